The maximum absolute atomic E-state index is 11.6. The molecule has 0 bridgehead atoms. The molecule has 1 aromatic carbocycles. The molecule has 5 heteroatoms. The van der Waals surface area contributed by atoms with Crippen molar-refractivity contribution in [1.29, 1.82) is 0 Å². The van der Waals surface area contributed by atoms with E-state index in [2.05, 4.69) is 35.5 Å². The number of aliphatic imine (C=N–C) groups is 1. The zero-order valence-electron chi connectivity index (χ0n) is 14.9. The fourth-order valence-corrected chi connectivity index (χ4v) is 3.64. The monoisotopic (exact) mass is 345 g/mol. The topological polar surface area (TPSA) is 35.9 Å². The standard InChI is InChI=1S/C19H27N3OS/c1-5-15(3)20-16(4)22(14-23)18-7-8-19(17(6-2)13-18)21-9-11-24-12-10-21/h7-8,13-14H,4-6,9-12H2,1-3H3. The molecule has 1 aliphatic rings. The van der Waals surface area contributed by atoms with E-state index >= 15 is 0 Å². The number of amides is 1. The summed E-state index contributed by atoms with van der Waals surface area (Å²) >= 11 is 2.01. The first kappa shape index (κ1) is 18.6. The van der Waals surface area contributed by atoms with Crippen molar-refractivity contribution < 1.29 is 4.79 Å². The van der Waals surface area contributed by atoms with Crippen LogP contribution in [0.4, 0.5) is 11.4 Å². The second-order valence-electron chi connectivity index (χ2n) is 5.86. The van der Waals surface area contributed by atoms with Gasteiger partial charge in [-0.1, -0.05) is 20.4 Å². The third-order valence-corrected chi connectivity index (χ3v) is 5.23. The predicted molar refractivity (Wildman–Crippen MR) is 106 cm³/mol. The van der Waals surface area contributed by atoms with Gasteiger partial charge in [-0.2, -0.15) is 11.8 Å². The van der Waals surface area contributed by atoms with Crippen LogP contribution >= 0.6 is 11.8 Å². The Morgan fingerprint density at radius 2 is 2.08 bits per heavy atom. The SMILES string of the molecule is C=C(N=C(C)CC)N(C=O)c1ccc(N2CCSCC2)c(CC)c1. The van der Waals surface area contributed by atoms with Gasteiger partial charge in [-0.15, -0.1) is 0 Å². The Morgan fingerprint density at radius 1 is 1.38 bits per heavy atom. The first-order valence-corrected chi connectivity index (χ1v) is 9.69. The Hall–Kier alpha value is -1.75. The number of hydrogen-bond acceptors (Lipinski definition) is 4. The normalized spacial score (nSPS) is 15.3. The van der Waals surface area contributed by atoms with Crippen molar-refractivity contribution in [1.82, 2.24) is 0 Å². The van der Waals surface area contributed by atoms with Crippen LogP contribution in [0.3, 0.4) is 0 Å². The van der Waals surface area contributed by atoms with Crippen LogP contribution < -0.4 is 9.80 Å². The molecule has 1 aromatic rings. The van der Waals surface area contributed by atoms with Crippen LogP contribution in [0.5, 0.6) is 0 Å². The average Bonchev–Trinajstić information content (AvgIpc) is 2.62. The van der Waals surface area contributed by atoms with Crippen molar-refractivity contribution in [2.75, 3.05) is 34.4 Å². The minimum atomic E-state index is 0.466. The quantitative estimate of drug-likeness (QED) is 0.551. The van der Waals surface area contributed by atoms with Gasteiger partial charge in [0.2, 0.25) is 6.41 Å². The van der Waals surface area contributed by atoms with Crippen molar-refractivity contribution in [2.45, 2.75) is 33.6 Å². The largest absolute Gasteiger partial charge is 0.370 e. The number of thioether (sulfide) groups is 1. The van der Waals surface area contributed by atoms with Crippen LogP contribution in [0.15, 0.2) is 35.6 Å². The van der Waals surface area contributed by atoms with E-state index in [1.165, 1.54) is 27.7 Å². The van der Waals surface area contributed by atoms with Crippen LogP contribution in [-0.2, 0) is 11.2 Å². The summed E-state index contributed by atoms with van der Waals surface area (Å²) in [5.74, 6) is 2.81. The first-order valence-electron chi connectivity index (χ1n) is 8.53. The molecule has 1 saturated heterocycles. The van der Waals surface area contributed by atoms with E-state index in [1.54, 1.807) is 0 Å². The van der Waals surface area contributed by atoms with Gasteiger partial charge in [-0.05, 0) is 43.5 Å². The maximum Gasteiger partial charge on any atom is 0.219 e. The molecule has 0 aromatic heterocycles. The lowest BCUT2D eigenvalue weighted by atomic mass is 10.1. The molecular weight excluding hydrogens is 318 g/mol. The van der Waals surface area contributed by atoms with Gasteiger partial charge in [0, 0.05) is 36.0 Å². The van der Waals surface area contributed by atoms with Gasteiger partial charge in [0.1, 0.15) is 5.82 Å². The molecule has 0 unspecified atom stereocenters. The zero-order chi connectivity index (χ0) is 17.5. The Labute approximate surface area is 149 Å². The van der Waals surface area contributed by atoms with Gasteiger partial charge in [0.25, 0.3) is 0 Å². The summed E-state index contributed by atoms with van der Waals surface area (Å²) < 4.78 is 0. The van der Waals surface area contributed by atoms with Crippen LogP contribution in [0, 0.1) is 0 Å². The highest BCUT2D eigenvalue weighted by Gasteiger charge is 2.16. The van der Waals surface area contributed by atoms with Gasteiger partial charge in [-0.3, -0.25) is 9.69 Å². The van der Waals surface area contributed by atoms with Crippen molar-refractivity contribution in [2.24, 2.45) is 4.99 Å². The van der Waals surface area contributed by atoms with Crippen molar-refractivity contribution in [3.05, 3.63) is 36.2 Å². The van der Waals surface area contributed by atoms with E-state index in [0.717, 1.165) is 43.7 Å². The molecule has 4 nitrogen and oxygen atoms in total. The number of carbonyl (C=O) groups is 1. The fraction of sp³-hybridized carbons (Fsp3) is 0.474. The number of hydrogen-bond donors (Lipinski definition) is 0. The molecule has 130 valence electrons. The highest BCUT2D eigenvalue weighted by atomic mass is 32.2. The lowest BCUT2D eigenvalue weighted by molar-refractivity contribution is -0.107. The summed E-state index contributed by atoms with van der Waals surface area (Å²) in [5, 5.41) is 0. The molecule has 24 heavy (non-hydrogen) atoms. The van der Waals surface area contributed by atoms with Crippen molar-refractivity contribution in [3.8, 4) is 0 Å². The molecule has 0 N–H and O–H groups in total. The van der Waals surface area contributed by atoms with E-state index in [-0.39, 0.29) is 0 Å². The number of aryl methyl sites for hydroxylation is 1. The number of carbonyl (C=O) groups excluding carboxylic acids is 1. The Morgan fingerprint density at radius 3 is 2.67 bits per heavy atom. The minimum absolute atomic E-state index is 0.466. The molecule has 1 fully saturated rings. The van der Waals surface area contributed by atoms with E-state index in [4.69, 9.17) is 0 Å². The van der Waals surface area contributed by atoms with Gasteiger partial charge in [0.05, 0.1) is 5.69 Å². The van der Waals surface area contributed by atoms with Crippen molar-refractivity contribution in [3.63, 3.8) is 0 Å². The molecule has 0 atom stereocenters. The number of anilines is 2. The first-order chi connectivity index (χ1) is 11.6. The maximum atomic E-state index is 11.6. The van der Waals surface area contributed by atoms with Gasteiger partial charge >= 0.3 is 0 Å². The Kier molecular flexibility index (Phi) is 6.91. The molecule has 0 saturated carbocycles. The average molecular weight is 346 g/mol. The summed E-state index contributed by atoms with van der Waals surface area (Å²) in [6.45, 7) is 12.3. The Balaban J connectivity index is 2.29. The predicted octanol–water partition coefficient (Wildman–Crippen LogP) is 4.11. The van der Waals surface area contributed by atoms with E-state index in [1.807, 2.05) is 31.7 Å². The third kappa shape index (κ3) is 4.41. The minimum Gasteiger partial charge on any atom is -0.370 e. The van der Waals surface area contributed by atoms with E-state index in [0.29, 0.717) is 5.82 Å². The fourth-order valence-electron chi connectivity index (χ4n) is 2.74. The third-order valence-electron chi connectivity index (χ3n) is 4.29. The van der Waals surface area contributed by atoms with Crippen LogP contribution in [-0.4, -0.2) is 36.7 Å². The van der Waals surface area contributed by atoms with Crippen LogP contribution in [0.1, 0.15) is 32.8 Å². The summed E-state index contributed by atoms with van der Waals surface area (Å²) in [6, 6.07) is 6.21. The number of rotatable bonds is 7. The van der Waals surface area contributed by atoms with E-state index in [9.17, 15) is 4.79 Å². The number of nitrogens with zero attached hydrogens (tertiary/aromatic N) is 3. The molecule has 2 rings (SSSR count). The van der Waals surface area contributed by atoms with Crippen LogP contribution in [0.2, 0.25) is 0 Å². The summed E-state index contributed by atoms with van der Waals surface area (Å²) in [4.78, 5) is 20.0. The molecule has 0 spiro atoms. The highest BCUT2D eigenvalue weighted by Crippen LogP contribution is 2.29. The van der Waals surface area contributed by atoms with Gasteiger partial charge in [-0.25, -0.2) is 4.99 Å². The summed E-state index contributed by atoms with van der Waals surface area (Å²) in [7, 11) is 0. The second-order valence-corrected chi connectivity index (χ2v) is 7.08. The smallest absolute Gasteiger partial charge is 0.219 e. The number of benzene rings is 1. The second kappa shape index (κ2) is 8.92. The highest BCUT2D eigenvalue weighted by molar-refractivity contribution is 7.99. The van der Waals surface area contributed by atoms with Crippen LogP contribution in [0.25, 0.3) is 0 Å². The Bertz CT molecular complexity index is 621. The van der Waals surface area contributed by atoms with Crippen molar-refractivity contribution >= 4 is 35.3 Å². The molecule has 1 aliphatic heterocycles. The molecular formula is C19H27N3OS. The molecule has 0 radical (unpaired) electrons. The summed E-state index contributed by atoms with van der Waals surface area (Å²) in [5.41, 5.74) is 4.33. The lowest BCUT2D eigenvalue weighted by Gasteiger charge is -2.31. The summed E-state index contributed by atoms with van der Waals surface area (Å²) in [6.07, 6.45) is 2.57. The van der Waals surface area contributed by atoms with Gasteiger partial charge < -0.3 is 4.90 Å². The molecule has 1 amide bonds. The van der Waals surface area contributed by atoms with E-state index < -0.39 is 0 Å². The molecule has 0 aliphatic carbocycles. The zero-order valence-corrected chi connectivity index (χ0v) is 15.7. The molecule has 1 heterocycles. The lowest BCUT2D eigenvalue weighted by Crippen LogP contribution is -2.33. The van der Waals surface area contributed by atoms with Gasteiger partial charge in [0.15, 0.2) is 0 Å².